The van der Waals surface area contributed by atoms with Crippen LogP contribution in [0.2, 0.25) is 0 Å². The highest BCUT2D eigenvalue weighted by molar-refractivity contribution is 7.92. The number of anilines is 2. The standard InChI is InChI=1S/C29H35F2N7O2S/c1-5-13-41(39,40)35-24-8-7-23(30)28(27(24)31)38-17-22(19-14-32-18-33-15-19)26-21(6-2)29(34-16-25(26)38)37(4)20-9-11-36(3)12-10-20/h7-8,14-18,20,35H,5-6,9-13H2,1-4H3. The fraction of sp³-hybridized carbons (Fsp3) is 0.414. The van der Waals surface area contributed by atoms with Gasteiger partial charge in [-0.25, -0.2) is 32.2 Å². The molecule has 5 rings (SSSR count). The van der Waals surface area contributed by atoms with Crippen molar-refractivity contribution in [1.29, 1.82) is 0 Å². The van der Waals surface area contributed by atoms with Crippen LogP contribution in [0.5, 0.6) is 0 Å². The van der Waals surface area contributed by atoms with E-state index < -0.39 is 27.3 Å². The zero-order valence-electron chi connectivity index (χ0n) is 23.7. The first-order valence-corrected chi connectivity index (χ1v) is 15.5. The van der Waals surface area contributed by atoms with Crippen molar-refractivity contribution >= 4 is 32.4 Å². The molecule has 218 valence electrons. The van der Waals surface area contributed by atoms with Crippen molar-refractivity contribution < 1.29 is 17.2 Å². The number of fused-ring (bicyclic) bond motifs is 1. The minimum Gasteiger partial charge on any atom is -0.356 e. The zero-order chi connectivity index (χ0) is 29.3. The largest absolute Gasteiger partial charge is 0.356 e. The summed E-state index contributed by atoms with van der Waals surface area (Å²) < 4.78 is 59.9. The van der Waals surface area contributed by atoms with Gasteiger partial charge in [-0.3, -0.25) is 4.72 Å². The van der Waals surface area contributed by atoms with Crippen molar-refractivity contribution in [3.8, 4) is 16.8 Å². The number of nitrogens with one attached hydrogen (secondary N) is 1. The molecule has 0 atom stereocenters. The topological polar surface area (TPSA) is 96.2 Å². The third-order valence-corrected chi connectivity index (χ3v) is 9.24. The quantitative estimate of drug-likeness (QED) is 0.296. The van der Waals surface area contributed by atoms with Gasteiger partial charge < -0.3 is 14.4 Å². The normalized spacial score (nSPS) is 15.0. The third-order valence-electron chi connectivity index (χ3n) is 7.77. The number of likely N-dealkylation sites (tertiary alicyclic amines) is 1. The van der Waals surface area contributed by atoms with Crippen LogP contribution in [0.1, 0.15) is 38.7 Å². The molecule has 12 heteroatoms. The number of pyridine rings is 1. The monoisotopic (exact) mass is 583 g/mol. The van der Waals surface area contributed by atoms with E-state index in [-0.39, 0.29) is 11.4 Å². The fourth-order valence-corrected chi connectivity index (χ4v) is 6.77. The first kappa shape index (κ1) is 28.9. The second-order valence-corrected chi connectivity index (χ2v) is 12.4. The van der Waals surface area contributed by atoms with Crippen LogP contribution in [-0.4, -0.2) is 71.8 Å². The summed E-state index contributed by atoms with van der Waals surface area (Å²) in [5, 5.41) is 0.794. The Bertz CT molecular complexity index is 1650. The van der Waals surface area contributed by atoms with E-state index in [1.165, 1.54) is 10.9 Å². The second kappa shape index (κ2) is 11.7. The summed E-state index contributed by atoms with van der Waals surface area (Å²) in [6.45, 7) is 5.75. The number of rotatable bonds is 9. The molecule has 3 aromatic heterocycles. The zero-order valence-corrected chi connectivity index (χ0v) is 24.5. The molecule has 0 aliphatic carbocycles. The molecule has 1 aromatic carbocycles. The van der Waals surface area contributed by atoms with E-state index in [1.54, 1.807) is 31.7 Å². The van der Waals surface area contributed by atoms with Crippen LogP contribution in [0.3, 0.4) is 0 Å². The predicted molar refractivity (Wildman–Crippen MR) is 158 cm³/mol. The van der Waals surface area contributed by atoms with Crippen LogP contribution in [0.25, 0.3) is 27.7 Å². The minimum atomic E-state index is -3.80. The van der Waals surface area contributed by atoms with E-state index >= 15 is 8.78 Å². The lowest BCUT2D eigenvalue weighted by atomic mass is 9.99. The van der Waals surface area contributed by atoms with E-state index in [0.717, 1.165) is 54.8 Å². The van der Waals surface area contributed by atoms with Gasteiger partial charge in [-0.1, -0.05) is 13.8 Å². The maximum Gasteiger partial charge on any atom is 0.232 e. The number of piperidine rings is 1. The Balaban J connectivity index is 1.72. The Morgan fingerprint density at radius 3 is 2.46 bits per heavy atom. The number of aromatic nitrogens is 4. The first-order valence-electron chi connectivity index (χ1n) is 13.8. The van der Waals surface area contributed by atoms with E-state index in [1.807, 2.05) is 6.92 Å². The lowest BCUT2D eigenvalue weighted by Crippen LogP contribution is -2.42. The number of hydrogen-bond donors (Lipinski definition) is 1. The Kier molecular flexibility index (Phi) is 8.23. The van der Waals surface area contributed by atoms with Crippen molar-refractivity contribution in [1.82, 2.24) is 24.4 Å². The lowest BCUT2D eigenvalue weighted by Gasteiger charge is -2.36. The number of nitrogens with zero attached hydrogens (tertiary/aromatic N) is 6. The molecule has 1 aliphatic heterocycles. The van der Waals surface area contributed by atoms with Crippen LogP contribution >= 0.6 is 0 Å². The van der Waals surface area contributed by atoms with Crippen molar-refractivity contribution in [2.45, 2.75) is 45.6 Å². The highest BCUT2D eigenvalue weighted by Gasteiger charge is 2.27. The molecule has 4 heterocycles. The summed E-state index contributed by atoms with van der Waals surface area (Å²) in [5.74, 6) is -1.20. The Labute approximate surface area is 239 Å². The van der Waals surface area contributed by atoms with Crippen molar-refractivity contribution in [2.75, 3.05) is 42.6 Å². The van der Waals surface area contributed by atoms with Crippen LogP contribution in [-0.2, 0) is 16.4 Å². The molecule has 1 aliphatic rings. The average Bonchev–Trinajstić information content (AvgIpc) is 3.34. The SMILES string of the molecule is CCCS(=O)(=O)Nc1ccc(F)c(-n2cc(-c3cncnc3)c3c(CC)c(N(C)C4CCN(C)CC4)ncc32)c1F. The van der Waals surface area contributed by atoms with Crippen molar-refractivity contribution in [3.05, 3.63) is 60.4 Å². The van der Waals surface area contributed by atoms with Crippen LogP contribution in [0, 0.1) is 11.6 Å². The van der Waals surface area contributed by atoms with Crippen molar-refractivity contribution in [3.63, 3.8) is 0 Å². The van der Waals surface area contributed by atoms with Crippen LogP contribution in [0.15, 0.2) is 43.2 Å². The second-order valence-electron chi connectivity index (χ2n) is 10.5. The van der Waals surface area contributed by atoms with E-state index in [9.17, 15) is 8.42 Å². The smallest absolute Gasteiger partial charge is 0.232 e. The predicted octanol–water partition coefficient (Wildman–Crippen LogP) is 5.01. The summed E-state index contributed by atoms with van der Waals surface area (Å²) >= 11 is 0. The molecule has 0 amide bonds. The van der Waals surface area contributed by atoms with E-state index in [0.29, 0.717) is 35.5 Å². The highest BCUT2D eigenvalue weighted by Crippen LogP contribution is 2.40. The number of halogens is 2. The number of hydrogen-bond acceptors (Lipinski definition) is 7. The van der Waals surface area contributed by atoms with Gasteiger partial charge in [-0.05, 0) is 58.0 Å². The molecule has 1 saturated heterocycles. The van der Waals surface area contributed by atoms with Gasteiger partial charge in [0.05, 0.1) is 23.2 Å². The lowest BCUT2D eigenvalue weighted by molar-refractivity contribution is 0.252. The van der Waals surface area contributed by atoms with Gasteiger partial charge in [0.2, 0.25) is 10.0 Å². The van der Waals surface area contributed by atoms with Crippen molar-refractivity contribution in [2.24, 2.45) is 0 Å². The molecule has 0 radical (unpaired) electrons. The summed E-state index contributed by atoms with van der Waals surface area (Å²) in [6, 6.07) is 2.48. The number of aryl methyl sites for hydroxylation is 1. The summed E-state index contributed by atoms with van der Waals surface area (Å²) in [4.78, 5) is 17.7. The molecule has 1 fully saturated rings. The first-order chi connectivity index (χ1) is 19.6. The molecule has 4 aromatic rings. The molecule has 0 saturated carbocycles. The van der Waals surface area contributed by atoms with Gasteiger partial charge >= 0.3 is 0 Å². The third kappa shape index (κ3) is 5.62. The fourth-order valence-electron chi connectivity index (χ4n) is 5.64. The Hall–Kier alpha value is -3.64. The van der Waals surface area contributed by atoms with E-state index in [4.69, 9.17) is 4.98 Å². The summed E-state index contributed by atoms with van der Waals surface area (Å²) in [7, 11) is 0.376. The molecule has 9 nitrogen and oxygen atoms in total. The maximum atomic E-state index is 15.9. The molecular weight excluding hydrogens is 548 g/mol. The summed E-state index contributed by atoms with van der Waals surface area (Å²) in [6.07, 6.45) is 11.0. The van der Waals surface area contributed by atoms with Gasteiger partial charge in [0.25, 0.3) is 0 Å². The highest BCUT2D eigenvalue weighted by atomic mass is 32.2. The molecule has 1 N–H and O–H groups in total. The molecular formula is C29H35F2N7O2S. The van der Waals surface area contributed by atoms with Gasteiger partial charge in [0.15, 0.2) is 5.82 Å². The van der Waals surface area contributed by atoms with Gasteiger partial charge in [-0.2, -0.15) is 0 Å². The molecule has 41 heavy (non-hydrogen) atoms. The van der Waals surface area contributed by atoms with E-state index in [2.05, 4.69) is 38.6 Å². The number of sulfonamides is 1. The molecule has 0 bridgehead atoms. The Morgan fingerprint density at radius 1 is 1.10 bits per heavy atom. The van der Waals surface area contributed by atoms with Crippen LogP contribution < -0.4 is 9.62 Å². The maximum absolute atomic E-state index is 15.9. The molecule has 0 spiro atoms. The van der Waals surface area contributed by atoms with Crippen LogP contribution in [0.4, 0.5) is 20.3 Å². The van der Waals surface area contributed by atoms with Gasteiger partial charge in [0, 0.05) is 53.8 Å². The number of benzene rings is 1. The Morgan fingerprint density at radius 2 is 1.80 bits per heavy atom. The minimum absolute atomic E-state index is 0.179. The average molecular weight is 584 g/mol. The van der Waals surface area contributed by atoms with Gasteiger partial charge in [0.1, 0.15) is 23.6 Å². The summed E-state index contributed by atoms with van der Waals surface area (Å²) in [5.41, 5.74) is 2.12. The van der Waals surface area contributed by atoms with Gasteiger partial charge in [-0.15, -0.1) is 0 Å². The molecule has 0 unspecified atom stereocenters.